The number of pyridine rings is 1. The lowest BCUT2D eigenvalue weighted by Crippen LogP contribution is -2.41. The van der Waals surface area contributed by atoms with E-state index in [1.54, 1.807) is 53.1 Å². The van der Waals surface area contributed by atoms with E-state index in [4.69, 9.17) is 11.6 Å². The van der Waals surface area contributed by atoms with Crippen LogP contribution in [0.3, 0.4) is 0 Å². The van der Waals surface area contributed by atoms with Gasteiger partial charge in [-0.1, -0.05) is 17.7 Å². The standard InChI is InChI=1S/C19H19ClN4O2/c1-19(2,3)23-18(26)16-22-15(14-6-4-5-11-24(14)16)17(25)21-13-9-7-12(20)8-10-13/h4-11H,1-3H3,(H,21,25)(H,23,26). The fourth-order valence-electron chi connectivity index (χ4n) is 2.49. The molecule has 2 amide bonds. The Kier molecular flexibility index (Phi) is 4.70. The molecule has 0 aliphatic rings. The molecule has 26 heavy (non-hydrogen) atoms. The molecule has 0 aliphatic carbocycles. The van der Waals surface area contributed by atoms with Gasteiger partial charge in [0.25, 0.3) is 11.8 Å². The van der Waals surface area contributed by atoms with E-state index in [0.717, 1.165) is 0 Å². The van der Waals surface area contributed by atoms with Gasteiger partial charge in [0.2, 0.25) is 5.82 Å². The summed E-state index contributed by atoms with van der Waals surface area (Å²) < 4.78 is 1.61. The van der Waals surface area contributed by atoms with Gasteiger partial charge in [-0.2, -0.15) is 0 Å². The summed E-state index contributed by atoms with van der Waals surface area (Å²) in [4.78, 5) is 29.5. The van der Waals surface area contributed by atoms with Crippen LogP contribution in [-0.2, 0) is 0 Å². The molecule has 0 saturated carbocycles. The molecule has 0 unspecified atom stereocenters. The third-order valence-corrected chi connectivity index (χ3v) is 3.81. The zero-order valence-electron chi connectivity index (χ0n) is 14.7. The van der Waals surface area contributed by atoms with Crippen LogP contribution in [0.5, 0.6) is 0 Å². The molecule has 3 aromatic rings. The number of benzene rings is 1. The van der Waals surface area contributed by atoms with E-state index < -0.39 is 11.4 Å². The van der Waals surface area contributed by atoms with Crippen LogP contribution in [0.25, 0.3) is 5.52 Å². The average molecular weight is 371 g/mol. The highest BCUT2D eigenvalue weighted by Gasteiger charge is 2.24. The maximum atomic E-state index is 12.7. The van der Waals surface area contributed by atoms with E-state index >= 15 is 0 Å². The molecule has 134 valence electrons. The van der Waals surface area contributed by atoms with Gasteiger partial charge in [0.15, 0.2) is 5.69 Å². The molecule has 0 radical (unpaired) electrons. The molecule has 1 aromatic carbocycles. The molecule has 0 bridgehead atoms. The number of carbonyl (C=O) groups excluding carboxylic acids is 2. The average Bonchev–Trinajstić information content (AvgIpc) is 2.95. The maximum absolute atomic E-state index is 12.7. The van der Waals surface area contributed by atoms with Crippen molar-refractivity contribution in [3.05, 3.63) is 65.2 Å². The number of rotatable bonds is 3. The maximum Gasteiger partial charge on any atom is 0.288 e. The molecule has 2 aromatic heterocycles. The summed E-state index contributed by atoms with van der Waals surface area (Å²) in [5, 5.41) is 6.22. The Balaban J connectivity index is 1.97. The smallest absolute Gasteiger partial charge is 0.288 e. The van der Waals surface area contributed by atoms with Crippen LogP contribution >= 0.6 is 11.6 Å². The summed E-state index contributed by atoms with van der Waals surface area (Å²) >= 11 is 5.86. The fourth-order valence-corrected chi connectivity index (χ4v) is 2.61. The number of imidazole rings is 1. The van der Waals surface area contributed by atoms with Crippen LogP contribution in [-0.4, -0.2) is 26.7 Å². The third kappa shape index (κ3) is 3.86. The van der Waals surface area contributed by atoms with Crippen molar-refractivity contribution in [1.82, 2.24) is 14.7 Å². The van der Waals surface area contributed by atoms with E-state index in [1.165, 1.54) is 0 Å². The van der Waals surface area contributed by atoms with Crippen molar-refractivity contribution < 1.29 is 9.59 Å². The molecular formula is C19H19ClN4O2. The van der Waals surface area contributed by atoms with Gasteiger partial charge in [-0.25, -0.2) is 4.98 Å². The van der Waals surface area contributed by atoms with Crippen LogP contribution in [0, 0.1) is 0 Å². The molecule has 2 heterocycles. The number of fused-ring (bicyclic) bond motifs is 1. The van der Waals surface area contributed by atoms with Gasteiger partial charge in [-0.15, -0.1) is 0 Å². The zero-order chi connectivity index (χ0) is 18.9. The number of nitrogens with zero attached hydrogens (tertiary/aromatic N) is 2. The highest BCUT2D eigenvalue weighted by atomic mass is 35.5. The number of amides is 2. The SMILES string of the molecule is CC(C)(C)NC(=O)c1nc(C(=O)Nc2ccc(Cl)cc2)c2ccccn12. The normalized spacial score (nSPS) is 11.4. The molecular weight excluding hydrogens is 352 g/mol. The predicted octanol–water partition coefficient (Wildman–Crippen LogP) is 3.77. The number of anilines is 1. The first kappa shape index (κ1) is 17.9. The summed E-state index contributed by atoms with van der Waals surface area (Å²) in [6, 6.07) is 12.1. The molecule has 0 fully saturated rings. The minimum absolute atomic E-state index is 0.164. The topological polar surface area (TPSA) is 75.5 Å². The minimum Gasteiger partial charge on any atom is -0.345 e. The first-order valence-electron chi connectivity index (χ1n) is 8.11. The Morgan fingerprint density at radius 1 is 1.04 bits per heavy atom. The van der Waals surface area contributed by atoms with Crippen LogP contribution in [0.1, 0.15) is 41.9 Å². The van der Waals surface area contributed by atoms with Gasteiger partial charge < -0.3 is 10.6 Å². The Hall–Kier alpha value is -2.86. The Bertz CT molecular complexity index is 971. The van der Waals surface area contributed by atoms with E-state index in [1.807, 2.05) is 20.8 Å². The second kappa shape index (κ2) is 6.80. The summed E-state index contributed by atoms with van der Waals surface area (Å²) in [5.41, 5.74) is 0.915. The first-order valence-corrected chi connectivity index (χ1v) is 8.49. The van der Waals surface area contributed by atoms with Gasteiger partial charge in [0.1, 0.15) is 0 Å². The molecule has 0 spiro atoms. The summed E-state index contributed by atoms with van der Waals surface area (Å²) in [6.45, 7) is 5.65. The van der Waals surface area contributed by atoms with E-state index in [0.29, 0.717) is 16.2 Å². The van der Waals surface area contributed by atoms with Gasteiger partial charge in [-0.3, -0.25) is 14.0 Å². The molecule has 7 heteroatoms. The van der Waals surface area contributed by atoms with Crippen LogP contribution in [0.4, 0.5) is 5.69 Å². The lowest BCUT2D eigenvalue weighted by Gasteiger charge is -2.19. The summed E-state index contributed by atoms with van der Waals surface area (Å²) in [5.74, 6) is -0.577. The second-order valence-electron chi connectivity index (χ2n) is 6.91. The molecule has 0 atom stereocenters. The molecule has 0 aliphatic heterocycles. The van der Waals surface area contributed by atoms with Crippen molar-refractivity contribution in [2.75, 3.05) is 5.32 Å². The second-order valence-corrected chi connectivity index (χ2v) is 7.34. The highest BCUT2D eigenvalue weighted by molar-refractivity contribution is 6.30. The van der Waals surface area contributed by atoms with E-state index in [9.17, 15) is 9.59 Å². The lowest BCUT2D eigenvalue weighted by molar-refractivity contribution is 0.0908. The summed E-state index contributed by atoms with van der Waals surface area (Å²) in [6.07, 6.45) is 1.71. The van der Waals surface area contributed by atoms with Crippen molar-refractivity contribution in [3.63, 3.8) is 0 Å². The van der Waals surface area contributed by atoms with Crippen molar-refractivity contribution in [2.24, 2.45) is 0 Å². The molecule has 6 nitrogen and oxygen atoms in total. The number of hydrogen-bond acceptors (Lipinski definition) is 3. The summed E-state index contributed by atoms with van der Waals surface area (Å²) in [7, 11) is 0. The van der Waals surface area contributed by atoms with Gasteiger partial charge in [0.05, 0.1) is 5.52 Å². The zero-order valence-corrected chi connectivity index (χ0v) is 15.5. The van der Waals surface area contributed by atoms with E-state index in [-0.39, 0.29) is 17.4 Å². The quantitative estimate of drug-likeness (QED) is 0.736. The number of halogens is 1. The Morgan fingerprint density at radius 2 is 1.73 bits per heavy atom. The third-order valence-electron chi connectivity index (χ3n) is 3.56. The molecule has 3 rings (SSSR count). The van der Waals surface area contributed by atoms with Gasteiger partial charge >= 0.3 is 0 Å². The monoisotopic (exact) mass is 370 g/mol. The van der Waals surface area contributed by atoms with E-state index in [2.05, 4.69) is 15.6 Å². The van der Waals surface area contributed by atoms with Gasteiger partial charge in [-0.05, 0) is 57.2 Å². The molecule has 2 N–H and O–H groups in total. The van der Waals surface area contributed by atoms with Crippen molar-refractivity contribution in [1.29, 1.82) is 0 Å². The van der Waals surface area contributed by atoms with Gasteiger partial charge in [0, 0.05) is 22.4 Å². The number of aromatic nitrogens is 2. The van der Waals surface area contributed by atoms with Crippen molar-refractivity contribution in [2.45, 2.75) is 26.3 Å². The lowest BCUT2D eigenvalue weighted by atomic mass is 10.1. The Labute approximate surface area is 156 Å². The fraction of sp³-hybridized carbons (Fsp3) is 0.211. The minimum atomic E-state index is -0.413. The number of carbonyl (C=O) groups is 2. The largest absolute Gasteiger partial charge is 0.345 e. The van der Waals surface area contributed by atoms with Crippen LogP contribution < -0.4 is 10.6 Å². The number of nitrogens with one attached hydrogen (secondary N) is 2. The van der Waals surface area contributed by atoms with Crippen molar-refractivity contribution >= 4 is 34.6 Å². The number of hydrogen-bond donors (Lipinski definition) is 2. The highest BCUT2D eigenvalue weighted by Crippen LogP contribution is 2.18. The Morgan fingerprint density at radius 3 is 2.38 bits per heavy atom. The van der Waals surface area contributed by atoms with Crippen LogP contribution in [0.2, 0.25) is 5.02 Å². The molecule has 0 saturated heterocycles. The van der Waals surface area contributed by atoms with Crippen LogP contribution in [0.15, 0.2) is 48.7 Å². The first-order chi connectivity index (χ1) is 12.2. The predicted molar refractivity (Wildman–Crippen MR) is 102 cm³/mol. The van der Waals surface area contributed by atoms with Crippen molar-refractivity contribution in [3.8, 4) is 0 Å².